The zero-order valence-corrected chi connectivity index (χ0v) is 45.5. The fourth-order valence-electron chi connectivity index (χ4n) is 8.50. The second-order valence-corrected chi connectivity index (χ2v) is 19.7. The molecular weight excluding hydrogens is 945 g/mol. The molecule has 0 saturated carbocycles. The first-order valence-corrected chi connectivity index (χ1v) is 28.7. The van der Waals surface area contributed by atoms with Gasteiger partial charge in [0.05, 0.1) is 26.4 Å². The number of hydrogen-bond acceptors (Lipinski definition) is 14. The van der Waals surface area contributed by atoms with Gasteiger partial charge in [-0.3, -0.25) is 4.79 Å². The summed E-state index contributed by atoms with van der Waals surface area (Å²) >= 11 is 0. The van der Waals surface area contributed by atoms with E-state index in [1.807, 2.05) is 0 Å². The molecule has 2 aliphatic heterocycles. The van der Waals surface area contributed by atoms with Gasteiger partial charge >= 0.3 is 5.97 Å². The van der Waals surface area contributed by atoms with Crippen molar-refractivity contribution in [2.45, 2.75) is 255 Å². The molecule has 2 aliphatic rings. The lowest BCUT2D eigenvalue weighted by atomic mass is 9.98. The van der Waals surface area contributed by atoms with Gasteiger partial charge in [0.2, 0.25) is 0 Å². The van der Waals surface area contributed by atoms with Crippen LogP contribution in [0.5, 0.6) is 0 Å². The fourth-order valence-corrected chi connectivity index (χ4v) is 8.50. The molecule has 14 heteroatoms. The van der Waals surface area contributed by atoms with Crippen molar-refractivity contribution < 1.29 is 69.0 Å². The highest BCUT2D eigenvalue weighted by atomic mass is 16.7. The van der Waals surface area contributed by atoms with Gasteiger partial charge in [-0.05, 0) is 83.5 Å². The Hall–Kier alpha value is -2.83. The lowest BCUT2D eigenvalue weighted by molar-refractivity contribution is -0.332. The molecule has 2 rings (SSSR count). The molecule has 0 aromatic rings. The third-order valence-electron chi connectivity index (χ3n) is 13.1. The Morgan fingerprint density at radius 2 is 0.878 bits per heavy atom. The van der Waals surface area contributed by atoms with E-state index in [1.54, 1.807) is 0 Å². The maximum Gasteiger partial charge on any atom is 0.306 e. The molecular formula is C60H102O14. The first-order valence-electron chi connectivity index (χ1n) is 28.7. The van der Waals surface area contributed by atoms with Crippen LogP contribution in [0.15, 0.2) is 85.1 Å². The normalized spacial score (nSPS) is 25.4. The molecule has 0 radical (unpaired) electrons. The number of hydrogen-bond donors (Lipinski definition) is 7. The molecule has 74 heavy (non-hydrogen) atoms. The summed E-state index contributed by atoms with van der Waals surface area (Å²) in [5.74, 6) is -0.389. The number of carbonyl (C=O) groups excluding carboxylic acids is 1. The van der Waals surface area contributed by atoms with Crippen LogP contribution in [0.3, 0.4) is 0 Å². The van der Waals surface area contributed by atoms with Crippen LogP contribution in [0, 0.1) is 0 Å². The largest absolute Gasteiger partial charge is 0.457 e. The van der Waals surface area contributed by atoms with Crippen LogP contribution in [0.4, 0.5) is 0 Å². The maximum absolute atomic E-state index is 13.1. The fraction of sp³-hybridized carbons (Fsp3) is 0.750. The number of allylic oxidation sites excluding steroid dienone is 14. The van der Waals surface area contributed by atoms with Gasteiger partial charge in [-0.15, -0.1) is 0 Å². The zero-order valence-electron chi connectivity index (χ0n) is 45.5. The van der Waals surface area contributed by atoms with Crippen LogP contribution < -0.4 is 0 Å². The molecule has 0 aromatic carbocycles. The third kappa shape index (κ3) is 32.7. The molecule has 0 aromatic heterocycles. The molecule has 2 saturated heterocycles. The summed E-state index contributed by atoms with van der Waals surface area (Å²) in [5.41, 5.74) is 0. The van der Waals surface area contributed by atoms with Crippen molar-refractivity contribution in [3.8, 4) is 0 Å². The van der Waals surface area contributed by atoms with Gasteiger partial charge in [0, 0.05) is 13.0 Å². The van der Waals surface area contributed by atoms with Crippen molar-refractivity contribution in [2.75, 3.05) is 33.0 Å². The van der Waals surface area contributed by atoms with Gasteiger partial charge in [-0.2, -0.15) is 0 Å². The molecule has 0 amide bonds. The first kappa shape index (κ1) is 67.3. The number of ether oxygens (including phenoxy) is 6. The Labute approximate surface area is 446 Å². The highest BCUT2D eigenvalue weighted by Crippen LogP contribution is 2.26. The Balaban J connectivity index is 1.71. The summed E-state index contributed by atoms with van der Waals surface area (Å²) in [6, 6.07) is 0. The van der Waals surface area contributed by atoms with Gasteiger partial charge in [0.15, 0.2) is 12.6 Å². The molecule has 14 nitrogen and oxygen atoms in total. The van der Waals surface area contributed by atoms with E-state index in [0.717, 1.165) is 103 Å². The molecule has 2 heterocycles. The van der Waals surface area contributed by atoms with Crippen LogP contribution in [-0.4, -0.2) is 142 Å². The highest BCUT2D eigenvalue weighted by Gasteiger charge is 2.47. The summed E-state index contributed by atoms with van der Waals surface area (Å²) in [6.45, 7) is 3.49. The van der Waals surface area contributed by atoms with E-state index in [4.69, 9.17) is 28.4 Å². The Bertz CT molecular complexity index is 1540. The average Bonchev–Trinajstić information content (AvgIpc) is 3.40. The second-order valence-electron chi connectivity index (χ2n) is 19.7. The van der Waals surface area contributed by atoms with Crippen LogP contribution >= 0.6 is 0 Å². The molecule has 11 unspecified atom stereocenters. The summed E-state index contributed by atoms with van der Waals surface area (Å²) in [5, 5.41) is 72.3. The van der Waals surface area contributed by atoms with Crippen LogP contribution in [-0.2, 0) is 33.2 Å². The number of rotatable bonds is 45. The van der Waals surface area contributed by atoms with E-state index >= 15 is 0 Å². The van der Waals surface area contributed by atoms with Crippen LogP contribution in [0.1, 0.15) is 187 Å². The number of aliphatic hydroxyl groups is 7. The summed E-state index contributed by atoms with van der Waals surface area (Å²) in [7, 11) is 0. The molecule has 0 bridgehead atoms. The predicted molar refractivity (Wildman–Crippen MR) is 293 cm³/mol. The molecule has 7 N–H and O–H groups in total. The maximum atomic E-state index is 13.1. The summed E-state index contributed by atoms with van der Waals surface area (Å²) in [4.78, 5) is 13.1. The Morgan fingerprint density at radius 3 is 1.38 bits per heavy atom. The highest BCUT2D eigenvalue weighted by molar-refractivity contribution is 5.69. The minimum Gasteiger partial charge on any atom is -0.457 e. The summed E-state index contributed by atoms with van der Waals surface area (Å²) in [6.07, 6.45) is 43.5. The van der Waals surface area contributed by atoms with E-state index in [2.05, 4.69) is 98.9 Å². The second kappa shape index (κ2) is 46.3. The van der Waals surface area contributed by atoms with Gasteiger partial charge in [0.1, 0.15) is 54.9 Å². The zero-order chi connectivity index (χ0) is 53.7. The molecule has 0 spiro atoms. The summed E-state index contributed by atoms with van der Waals surface area (Å²) < 4.78 is 34.3. The smallest absolute Gasteiger partial charge is 0.306 e. The average molecular weight is 1050 g/mol. The number of esters is 1. The number of aliphatic hydroxyl groups excluding tert-OH is 7. The number of unbranched alkanes of at least 4 members (excludes halogenated alkanes) is 17. The Morgan fingerprint density at radius 1 is 0.459 bits per heavy atom. The van der Waals surface area contributed by atoms with Gasteiger partial charge in [-0.1, -0.05) is 182 Å². The lowest BCUT2D eigenvalue weighted by Gasteiger charge is -2.42. The topological polar surface area (TPSA) is 214 Å². The first-order chi connectivity index (χ1) is 36.1. The number of carbonyl (C=O) groups is 1. The van der Waals surface area contributed by atoms with Crippen LogP contribution in [0.2, 0.25) is 0 Å². The van der Waals surface area contributed by atoms with E-state index < -0.39 is 80.7 Å². The van der Waals surface area contributed by atoms with E-state index in [-0.39, 0.29) is 25.6 Å². The van der Waals surface area contributed by atoms with Crippen LogP contribution in [0.25, 0.3) is 0 Å². The molecule has 2 fully saturated rings. The monoisotopic (exact) mass is 1050 g/mol. The quantitative estimate of drug-likeness (QED) is 0.0172. The van der Waals surface area contributed by atoms with Gasteiger partial charge < -0.3 is 64.2 Å². The lowest BCUT2D eigenvalue weighted by Crippen LogP contribution is -2.61. The van der Waals surface area contributed by atoms with Crippen molar-refractivity contribution in [3.05, 3.63) is 85.1 Å². The van der Waals surface area contributed by atoms with Gasteiger partial charge in [-0.25, -0.2) is 0 Å². The van der Waals surface area contributed by atoms with E-state index in [9.17, 15) is 40.5 Å². The van der Waals surface area contributed by atoms with Crippen molar-refractivity contribution in [3.63, 3.8) is 0 Å². The predicted octanol–water partition coefficient (Wildman–Crippen LogP) is 10.0. The molecule has 426 valence electrons. The minimum atomic E-state index is -1.71. The van der Waals surface area contributed by atoms with Crippen molar-refractivity contribution >= 4 is 5.97 Å². The standard InChI is InChI=1S/C60H102O14/c1-3-5-7-9-11-13-15-17-19-20-21-22-23-24-25-26-27-28-29-31-33-35-37-39-41-43-52(62)72-49(46-69-44-42-40-38-36-34-32-30-18-16-14-12-10-8-6-4-2)47-70-59-58(68)56(66)54(64)51(74-59)48-71-60-57(67)55(65)53(63)50(45-61)73-60/h5,7,10-13,16-19,21-22,24-25,49-51,53-61,63-68H,3-4,6,8-9,14-15,20,23,26-48H2,1-2H3/b7-5-,12-10-,13-11-,18-16-,19-17-,22-21-,25-24-. The van der Waals surface area contributed by atoms with Gasteiger partial charge in [0.25, 0.3) is 0 Å². The molecule has 0 aliphatic carbocycles. The SMILES string of the molecule is CC/C=C\C/C=C\C/C=C\C/C=C\C/C=C\CCCCCCCCCCCC(=O)OC(COCCCCCCCC/C=C\C/C=C\CCCC)COC1OC(COC2OC(CO)C(O)C(O)C2O)C(O)C(O)C1O. The Kier molecular flexibility index (Phi) is 42.1. The van der Waals surface area contributed by atoms with E-state index in [1.165, 1.54) is 57.8 Å². The third-order valence-corrected chi connectivity index (χ3v) is 13.1. The van der Waals surface area contributed by atoms with E-state index in [0.29, 0.717) is 13.0 Å². The molecule has 11 atom stereocenters. The van der Waals surface area contributed by atoms with Crippen molar-refractivity contribution in [1.82, 2.24) is 0 Å². The van der Waals surface area contributed by atoms with Crippen molar-refractivity contribution in [1.29, 1.82) is 0 Å². The van der Waals surface area contributed by atoms with Crippen molar-refractivity contribution in [2.24, 2.45) is 0 Å². The minimum absolute atomic E-state index is 0.0474.